The molecule has 0 saturated carbocycles. The predicted octanol–water partition coefficient (Wildman–Crippen LogP) is 3.98. The number of hydrogen-bond acceptors (Lipinski definition) is 6. The number of ketones is 1. The molecular weight excluding hydrogens is 488 g/mol. The second-order valence-electron chi connectivity index (χ2n) is 8.68. The SMILES string of the molecule is COc1cccc(/C=C2\Oc3cc(OCC(=O)N[C@@H](Cc4c[nH]c5ccccc45)C(=O)O)ccc3C2=O)c1. The summed E-state index contributed by atoms with van der Waals surface area (Å²) < 4.78 is 16.5. The number of carbonyl (C=O) groups excluding carboxylic acids is 2. The Kier molecular flexibility index (Phi) is 6.82. The van der Waals surface area contributed by atoms with E-state index in [1.807, 2.05) is 36.4 Å². The van der Waals surface area contributed by atoms with Gasteiger partial charge in [-0.05, 0) is 47.5 Å². The molecule has 0 saturated heterocycles. The van der Waals surface area contributed by atoms with Gasteiger partial charge < -0.3 is 29.6 Å². The van der Waals surface area contributed by atoms with E-state index in [9.17, 15) is 19.5 Å². The third-order valence-electron chi connectivity index (χ3n) is 6.14. The van der Waals surface area contributed by atoms with Crippen molar-refractivity contribution in [3.05, 3.63) is 95.4 Å². The van der Waals surface area contributed by atoms with E-state index in [-0.39, 0.29) is 18.0 Å². The molecule has 38 heavy (non-hydrogen) atoms. The van der Waals surface area contributed by atoms with Crippen molar-refractivity contribution in [1.82, 2.24) is 10.3 Å². The molecular formula is C29H24N2O7. The Hall–Kier alpha value is -5.05. The number of H-pyrrole nitrogens is 1. The minimum absolute atomic E-state index is 0.113. The first-order valence-electron chi connectivity index (χ1n) is 11.8. The average molecular weight is 513 g/mol. The van der Waals surface area contributed by atoms with Crippen molar-refractivity contribution in [2.45, 2.75) is 12.5 Å². The number of allylic oxidation sites excluding steroid dienone is 1. The maximum atomic E-state index is 12.7. The molecule has 3 N–H and O–H groups in total. The number of ether oxygens (including phenoxy) is 3. The molecule has 1 aromatic heterocycles. The number of carboxylic acids is 1. The number of methoxy groups -OCH3 is 1. The summed E-state index contributed by atoms with van der Waals surface area (Å²) in [6, 6.07) is 18.3. The summed E-state index contributed by atoms with van der Waals surface area (Å²) in [6.45, 7) is -0.406. The van der Waals surface area contributed by atoms with E-state index < -0.39 is 24.5 Å². The fraction of sp³-hybridized carbons (Fsp3) is 0.138. The van der Waals surface area contributed by atoms with Gasteiger partial charge in [-0.1, -0.05) is 30.3 Å². The number of benzene rings is 3. The number of rotatable bonds is 9. The minimum atomic E-state index is -1.15. The average Bonchev–Trinajstić information content (AvgIpc) is 3.47. The zero-order chi connectivity index (χ0) is 26.6. The number of hydrogen-bond donors (Lipinski definition) is 3. The summed E-state index contributed by atoms with van der Waals surface area (Å²) in [6.07, 6.45) is 3.48. The molecule has 0 spiro atoms. The van der Waals surface area contributed by atoms with Crippen LogP contribution in [0.1, 0.15) is 21.5 Å². The lowest BCUT2D eigenvalue weighted by Crippen LogP contribution is -2.44. The zero-order valence-corrected chi connectivity index (χ0v) is 20.4. The van der Waals surface area contributed by atoms with E-state index in [0.717, 1.165) is 22.0 Å². The number of aromatic nitrogens is 1. The Morgan fingerprint density at radius 2 is 1.92 bits per heavy atom. The molecule has 192 valence electrons. The highest BCUT2D eigenvalue weighted by Crippen LogP contribution is 2.35. The number of aliphatic carboxylic acids is 1. The van der Waals surface area contributed by atoms with Crippen LogP contribution >= 0.6 is 0 Å². The van der Waals surface area contributed by atoms with Gasteiger partial charge in [0.05, 0.1) is 12.7 Å². The standard InChI is InChI=1S/C29H24N2O7/c1-36-19-6-4-5-17(11-19)12-26-28(33)22-10-9-20(14-25(22)38-26)37-16-27(32)31-24(29(34)35)13-18-15-30-23-8-3-2-7-21(18)23/h2-12,14-15,24,30H,13,16H2,1H3,(H,31,32)(H,34,35)/b26-12-/t24-/m0/s1. The molecule has 0 unspecified atom stereocenters. The topological polar surface area (TPSA) is 127 Å². The van der Waals surface area contributed by atoms with Gasteiger partial charge in [0.25, 0.3) is 5.91 Å². The molecule has 0 bridgehead atoms. The normalized spacial score (nSPS) is 14.1. The lowest BCUT2D eigenvalue weighted by Gasteiger charge is -2.15. The van der Waals surface area contributed by atoms with Crippen molar-refractivity contribution in [3.63, 3.8) is 0 Å². The van der Waals surface area contributed by atoms with Gasteiger partial charge >= 0.3 is 5.97 Å². The molecule has 0 aliphatic carbocycles. The number of para-hydroxylation sites is 1. The van der Waals surface area contributed by atoms with Gasteiger partial charge in [-0.3, -0.25) is 9.59 Å². The molecule has 9 heteroatoms. The van der Waals surface area contributed by atoms with Crippen LogP contribution in [0.25, 0.3) is 17.0 Å². The first-order chi connectivity index (χ1) is 18.4. The van der Waals surface area contributed by atoms with Gasteiger partial charge in [0, 0.05) is 29.6 Å². The van der Waals surface area contributed by atoms with E-state index >= 15 is 0 Å². The van der Waals surface area contributed by atoms with Gasteiger partial charge in [-0.25, -0.2) is 4.79 Å². The molecule has 0 fully saturated rings. The van der Waals surface area contributed by atoms with Crippen LogP contribution < -0.4 is 19.5 Å². The van der Waals surface area contributed by atoms with Crippen LogP contribution in [0.4, 0.5) is 0 Å². The Morgan fingerprint density at radius 1 is 1.08 bits per heavy atom. The highest BCUT2D eigenvalue weighted by molar-refractivity contribution is 6.14. The molecule has 9 nitrogen and oxygen atoms in total. The molecule has 3 aromatic carbocycles. The number of fused-ring (bicyclic) bond motifs is 2. The maximum Gasteiger partial charge on any atom is 0.326 e. The third kappa shape index (κ3) is 5.22. The minimum Gasteiger partial charge on any atom is -0.497 e. The van der Waals surface area contributed by atoms with Crippen LogP contribution in [0.3, 0.4) is 0 Å². The summed E-state index contributed by atoms with van der Waals surface area (Å²) >= 11 is 0. The van der Waals surface area contributed by atoms with Crippen molar-refractivity contribution < 1.29 is 33.7 Å². The monoisotopic (exact) mass is 512 g/mol. The van der Waals surface area contributed by atoms with Crippen molar-refractivity contribution in [2.75, 3.05) is 13.7 Å². The van der Waals surface area contributed by atoms with E-state index in [1.54, 1.807) is 43.6 Å². The van der Waals surface area contributed by atoms with Crippen LogP contribution in [-0.2, 0) is 16.0 Å². The molecule has 0 radical (unpaired) electrons. The third-order valence-corrected chi connectivity index (χ3v) is 6.14. The predicted molar refractivity (Wildman–Crippen MR) is 139 cm³/mol. The smallest absolute Gasteiger partial charge is 0.326 e. The van der Waals surface area contributed by atoms with Crippen molar-refractivity contribution >= 4 is 34.6 Å². The number of nitrogens with one attached hydrogen (secondary N) is 2. The zero-order valence-electron chi connectivity index (χ0n) is 20.4. The summed E-state index contributed by atoms with van der Waals surface area (Å²) in [5.41, 5.74) is 2.79. The first-order valence-corrected chi connectivity index (χ1v) is 11.8. The Labute approximate surface area is 217 Å². The number of aromatic amines is 1. The number of amides is 1. The highest BCUT2D eigenvalue weighted by Gasteiger charge is 2.28. The van der Waals surface area contributed by atoms with Crippen molar-refractivity contribution in [2.24, 2.45) is 0 Å². The van der Waals surface area contributed by atoms with Gasteiger partial charge in [0.1, 0.15) is 23.3 Å². The molecule has 1 aliphatic heterocycles. The summed E-state index contributed by atoms with van der Waals surface area (Å²) in [4.78, 5) is 40.2. The maximum absolute atomic E-state index is 12.7. The Bertz CT molecular complexity index is 1570. The quantitative estimate of drug-likeness (QED) is 0.290. The van der Waals surface area contributed by atoms with Gasteiger partial charge in [-0.2, -0.15) is 0 Å². The first kappa shape index (κ1) is 24.6. The largest absolute Gasteiger partial charge is 0.497 e. The Morgan fingerprint density at radius 3 is 2.74 bits per heavy atom. The molecule has 5 rings (SSSR count). The van der Waals surface area contributed by atoms with E-state index in [0.29, 0.717) is 22.8 Å². The van der Waals surface area contributed by atoms with E-state index in [1.165, 1.54) is 6.07 Å². The molecule has 2 heterocycles. The lowest BCUT2D eigenvalue weighted by atomic mass is 10.1. The van der Waals surface area contributed by atoms with Crippen LogP contribution in [0.5, 0.6) is 17.2 Å². The van der Waals surface area contributed by atoms with Gasteiger partial charge in [0.2, 0.25) is 5.78 Å². The van der Waals surface area contributed by atoms with Crippen LogP contribution in [0, 0.1) is 0 Å². The second kappa shape index (κ2) is 10.5. The summed E-state index contributed by atoms with van der Waals surface area (Å²) in [5, 5.41) is 13.1. The van der Waals surface area contributed by atoms with Crippen molar-refractivity contribution in [1.29, 1.82) is 0 Å². The van der Waals surface area contributed by atoms with Gasteiger partial charge in [0.15, 0.2) is 12.4 Å². The molecule has 1 atom stereocenters. The van der Waals surface area contributed by atoms with Crippen molar-refractivity contribution in [3.8, 4) is 17.2 Å². The fourth-order valence-electron chi connectivity index (χ4n) is 4.25. The molecule has 1 amide bonds. The van der Waals surface area contributed by atoms with Crippen LogP contribution in [0.2, 0.25) is 0 Å². The fourth-order valence-corrected chi connectivity index (χ4v) is 4.25. The lowest BCUT2D eigenvalue weighted by molar-refractivity contribution is -0.142. The highest BCUT2D eigenvalue weighted by atomic mass is 16.5. The number of carboxylic acid groups (broad SMARTS) is 1. The summed E-state index contributed by atoms with van der Waals surface area (Å²) in [5.74, 6) is -0.583. The number of carbonyl (C=O) groups is 3. The molecule has 4 aromatic rings. The van der Waals surface area contributed by atoms with Crippen LogP contribution in [-0.4, -0.2) is 47.5 Å². The second-order valence-corrected chi connectivity index (χ2v) is 8.68. The van der Waals surface area contributed by atoms with E-state index in [2.05, 4.69) is 10.3 Å². The van der Waals surface area contributed by atoms with Crippen LogP contribution in [0.15, 0.2) is 78.7 Å². The van der Waals surface area contributed by atoms with Gasteiger partial charge in [-0.15, -0.1) is 0 Å². The number of Topliss-reactive ketones (excluding diaryl/α,β-unsaturated/α-hetero) is 1. The summed E-state index contributed by atoms with van der Waals surface area (Å²) in [7, 11) is 1.56. The van der Waals surface area contributed by atoms with E-state index in [4.69, 9.17) is 14.2 Å². The Balaban J connectivity index is 1.21. The molecule has 1 aliphatic rings.